The van der Waals surface area contributed by atoms with Gasteiger partial charge in [0.2, 0.25) is 5.95 Å². The van der Waals surface area contributed by atoms with Crippen molar-refractivity contribution in [2.75, 3.05) is 17.2 Å². The molecule has 0 saturated heterocycles. The summed E-state index contributed by atoms with van der Waals surface area (Å²) in [5, 5.41) is 6.25. The first-order valence-electron chi connectivity index (χ1n) is 6.49. The molecule has 0 aliphatic heterocycles. The average molecular weight is 264 g/mol. The van der Waals surface area contributed by atoms with E-state index in [1.807, 2.05) is 6.92 Å². The molecule has 1 amide bonds. The van der Waals surface area contributed by atoms with Gasteiger partial charge < -0.3 is 22.1 Å². The molecule has 1 aromatic heterocycles. The minimum atomic E-state index is -0.527. The molecule has 1 aromatic rings. The molecule has 1 fully saturated rings. The summed E-state index contributed by atoms with van der Waals surface area (Å²) in [4.78, 5) is 19.7. The number of aromatic nitrogens is 2. The summed E-state index contributed by atoms with van der Waals surface area (Å²) in [5.41, 5.74) is 11.3. The van der Waals surface area contributed by atoms with Crippen molar-refractivity contribution in [2.24, 2.45) is 11.5 Å². The lowest BCUT2D eigenvalue weighted by atomic mass is 9.93. The van der Waals surface area contributed by atoms with Crippen molar-refractivity contribution in [3.8, 4) is 0 Å². The number of amides is 1. The molecule has 0 spiro atoms. The number of carbonyl (C=O) groups is 1. The van der Waals surface area contributed by atoms with E-state index in [0.29, 0.717) is 29.9 Å². The molecule has 19 heavy (non-hydrogen) atoms. The van der Waals surface area contributed by atoms with Gasteiger partial charge in [0.1, 0.15) is 5.82 Å². The number of carbonyl (C=O) groups excluding carboxylic acids is 1. The smallest absolute Gasteiger partial charge is 0.254 e. The largest absolute Gasteiger partial charge is 0.367 e. The standard InChI is InChI=1S/C12H20N6O/c1-7(13)5-15-12-16-6-9(10(14)19)11(18-12)17-8-3-2-4-8/h6-8H,2-5,13H2,1H3,(H2,14,19)(H2,15,16,17,18). The molecule has 1 aliphatic rings. The Bertz CT molecular complexity index is 458. The maximum absolute atomic E-state index is 11.3. The van der Waals surface area contributed by atoms with Gasteiger partial charge in [-0.2, -0.15) is 4.98 Å². The van der Waals surface area contributed by atoms with Crippen molar-refractivity contribution < 1.29 is 4.79 Å². The lowest BCUT2D eigenvalue weighted by Gasteiger charge is -2.27. The fourth-order valence-corrected chi connectivity index (χ4v) is 1.76. The van der Waals surface area contributed by atoms with Crippen LogP contribution in [-0.4, -0.2) is 34.5 Å². The van der Waals surface area contributed by atoms with Crippen LogP contribution in [0, 0.1) is 0 Å². The summed E-state index contributed by atoms with van der Waals surface area (Å²) in [6, 6.07) is 0.372. The maximum atomic E-state index is 11.3. The average Bonchev–Trinajstić information content (AvgIpc) is 2.31. The van der Waals surface area contributed by atoms with Crippen LogP contribution in [0.25, 0.3) is 0 Å². The molecule has 0 radical (unpaired) electrons. The van der Waals surface area contributed by atoms with Gasteiger partial charge in [0, 0.05) is 24.8 Å². The second-order valence-corrected chi connectivity index (χ2v) is 4.95. The molecule has 7 heteroatoms. The summed E-state index contributed by atoms with van der Waals surface area (Å²) in [7, 11) is 0. The molecule has 6 N–H and O–H groups in total. The van der Waals surface area contributed by atoms with Crippen LogP contribution in [0.4, 0.5) is 11.8 Å². The Balaban J connectivity index is 2.14. The van der Waals surface area contributed by atoms with Gasteiger partial charge in [0.15, 0.2) is 0 Å². The number of rotatable bonds is 6. The van der Waals surface area contributed by atoms with Crippen LogP contribution in [0.3, 0.4) is 0 Å². The van der Waals surface area contributed by atoms with Crippen molar-refractivity contribution in [3.05, 3.63) is 11.8 Å². The molecule has 0 aromatic carbocycles. The molecule has 7 nitrogen and oxygen atoms in total. The van der Waals surface area contributed by atoms with Gasteiger partial charge in [-0.25, -0.2) is 4.98 Å². The molecule has 1 heterocycles. The number of nitrogens with two attached hydrogens (primary N) is 2. The normalized spacial score (nSPS) is 16.5. The van der Waals surface area contributed by atoms with E-state index in [1.54, 1.807) is 0 Å². The highest BCUT2D eigenvalue weighted by Crippen LogP contribution is 2.24. The molecule has 1 aliphatic carbocycles. The lowest BCUT2D eigenvalue weighted by molar-refractivity contribution is 0.100. The highest BCUT2D eigenvalue weighted by atomic mass is 16.1. The van der Waals surface area contributed by atoms with Crippen LogP contribution in [0.1, 0.15) is 36.5 Å². The zero-order valence-corrected chi connectivity index (χ0v) is 11.0. The predicted molar refractivity (Wildman–Crippen MR) is 74.0 cm³/mol. The molecule has 0 bridgehead atoms. The minimum absolute atomic E-state index is 0.00228. The van der Waals surface area contributed by atoms with E-state index in [0.717, 1.165) is 12.8 Å². The van der Waals surface area contributed by atoms with Gasteiger partial charge in [0.25, 0.3) is 5.91 Å². The molecule has 104 valence electrons. The quantitative estimate of drug-likeness (QED) is 0.586. The minimum Gasteiger partial charge on any atom is -0.367 e. The number of hydrogen-bond acceptors (Lipinski definition) is 6. The fraction of sp³-hybridized carbons (Fsp3) is 0.583. The number of hydrogen-bond donors (Lipinski definition) is 4. The molecule has 2 rings (SSSR count). The van der Waals surface area contributed by atoms with Crippen LogP contribution in [0.15, 0.2) is 6.20 Å². The fourth-order valence-electron chi connectivity index (χ4n) is 1.76. The Hall–Kier alpha value is -1.89. The van der Waals surface area contributed by atoms with Crippen molar-refractivity contribution >= 4 is 17.7 Å². The molecule has 1 saturated carbocycles. The molecular weight excluding hydrogens is 244 g/mol. The first-order chi connectivity index (χ1) is 9.06. The first-order valence-corrected chi connectivity index (χ1v) is 6.49. The highest BCUT2D eigenvalue weighted by Gasteiger charge is 2.21. The lowest BCUT2D eigenvalue weighted by Crippen LogP contribution is -2.30. The second-order valence-electron chi connectivity index (χ2n) is 4.95. The highest BCUT2D eigenvalue weighted by molar-refractivity contribution is 5.97. The van der Waals surface area contributed by atoms with Crippen LogP contribution in [0.2, 0.25) is 0 Å². The summed E-state index contributed by atoms with van der Waals surface area (Å²) < 4.78 is 0. The van der Waals surface area contributed by atoms with E-state index in [1.165, 1.54) is 12.6 Å². The van der Waals surface area contributed by atoms with Crippen LogP contribution in [-0.2, 0) is 0 Å². The first kappa shape index (κ1) is 13.5. The molecular formula is C12H20N6O. The number of nitrogens with one attached hydrogen (secondary N) is 2. The SMILES string of the molecule is CC(N)CNc1ncc(C(N)=O)c(NC2CCC2)n1. The Kier molecular flexibility index (Phi) is 4.16. The monoisotopic (exact) mass is 264 g/mol. The van der Waals surface area contributed by atoms with Gasteiger partial charge in [0.05, 0.1) is 5.56 Å². The van der Waals surface area contributed by atoms with Crippen molar-refractivity contribution in [1.82, 2.24) is 9.97 Å². The Morgan fingerprint density at radius 1 is 1.58 bits per heavy atom. The Morgan fingerprint density at radius 2 is 2.32 bits per heavy atom. The van der Waals surface area contributed by atoms with Gasteiger partial charge in [-0.15, -0.1) is 0 Å². The summed E-state index contributed by atoms with van der Waals surface area (Å²) >= 11 is 0. The van der Waals surface area contributed by atoms with E-state index in [9.17, 15) is 4.79 Å². The Morgan fingerprint density at radius 3 is 2.84 bits per heavy atom. The third-order valence-electron chi connectivity index (χ3n) is 3.08. The van der Waals surface area contributed by atoms with E-state index >= 15 is 0 Å². The number of nitrogens with zero attached hydrogens (tertiary/aromatic N) is 2. The van der Waals surface area contributed by atoms with Crippen molar-refractivity contribution in [1.29, 1.82) is 0 Å². The number of primary amides is 1. The van der Waals surface area contributed by atoms with Gasteiger partial charge in [-0.05, 0) is 26.2 Å². The van der Waals surface area contributed by atoms with Crippen molar-refractivity contribution in [2.45, 2.75) is 38.3 Å². The van der Waals surface area contributed by atoms with Crippen molar-refractivity contribution in [3.63, 3.8) is 0 Å². The van der Waals surface area contributed by atoms with E-state index in [2.05, 4.69) is 20.6 Å². The van der Waals surface area contributed by atoms with E-state index in [4.69, 9.17) is 11.5 Å². The van der Waals surface area contributed by atoms with Crippen LogP contribution < -0.4 is 22.1 Å². The maximum Gasteiger partial charge on any atom is 0.254 e. The van der Waals surface area contributed by atoms with Gasteiger partial charge >= 0.3 is 0 Å². The van der Waals surface area contributed by atoms with Crippen LogP contribution >= 0.6 is 0 Å². The number of anilines is 2. The third-order valence-corrected chi connectivity index (χ3v) is 3.08. The topological polar surface area (TPSA) is 119 Å². The van der Waals surface area contributed by atoms with E-state index in [-0.39, 0.29) is 6.04 Å². The Labute approximate surface area is 112 Å². The van der Waals surface area contributed by atoms with Gasteiger partial charge in [-0.1, -0.05) is 0 Å². The summed E-state index contributed by atoms with van der Waals surface area (Å²) in [6.45, 7) is 2.46. The van der Waals surface area contributed by atoms with Crippen LogP contribution in [0.5, 0.6) is 0 Å². The molecule has 1 unspecified atom stereocenters. The second kappa shape index (κ2) is 5.83. The van der Waals surface area contributed by atoms with E-state index < -0.39 is 5.91 Å². The third kappa shape index (κ3) is 3.54. The predicted octanol–water partition coefficient (Wildman–Crippen LogP) is 0.299. The van der Waals surface area contributed by atoms with Gasteiger partial charge in [-0.3, -0.25) is 4.79 Å². The zero-order valence-electron chi connectivity index (χ0n) is 11.0. The zero-order chi connectivity index (χ0) is 13.8. The molecule has 1 atom stereocenters. The summed E-state index contributed by atoms with van der Waals surface area (Å²) in [5.74, 6) is 0.420. The summed E-state index contributed by atoms with van der Waals surface area (Å²) in [6.07, 6.45) is 4.82.